The number of benzene rings is 1. The summed E-state index contributed by atoms with van der Waals surface area (Å²) in [5, 5.41) is 13.0. The first-order chi connectivity index (χ1) is 13.3. The van der Waals surface area contributed by atoms with Gasteiger partial charge in [-0.2, -0.15) is 0 Å². The van der Waals surface area contributed by atoms with Crippen LogP contribution in [0.3, 0.4) is 0 Å². The highest BCUT2D eigenvalue weighted by molar-refractivity contribution is 7.98. The van der Waals surface area contributed by atoms with E-state index in [0.29, 0.717) is 6.04 Å². The van der Waals surface area contributed by atoms with Crippen molar-refractivity contribution in [1.29, 1.82) is 0 Å². The number of aromatic nitrogens is 4. The van der Waals surface area contributed by atoms with Gasteiger partial charge in [-0.3, -0.25) is 4.57 Å². The number of anilines is 1. The summed E-state index contributed by atoms with van der Waals surface area (Å²) in [6.07, 6.45) is 4.92. The van der Waals surface area contributed by atoms with E-state index in [4.69, 9.17) is 4.98 Å². The quantitative estimate of drug-likeness (QED) is 0.557. The maximum atomic E-state index is 13.1. The van der Waals surface area contributed by atoms with Gasteiger partial charge in [0.15, 0.2) is 5.16 Å². The molecule has 3 heterocycles. The zero-order chi connectivity index (χ0) is 18.2. The molecule has 0 atom stereocenters. The average molecular weight is 402 g/mol. The van der Waals surface area contributed by atoms with Crippen LogP contribution in [0.15, 0.2) is 34.8 Å². The van der Waals surface area contributed by atoms with Crippen molar-refractivity contribution < 1.29 is 4.39 Å². The maximum Gasteiger partial charge on any atom is 0.228 e. The van der Waals surface area contributed by atoms with E-state index in [2.05, 4.69) is 25.0 Å². The predicted molar refractivity (Wildman–Crippen MR) is 107 cm³/mol. The summed E-state index contributed by atoms with van der Waals surface area (Å²) in [6, 6.07) is 7.06. The van der Waals surface area contributed by atoms with Crippen LogP contribution in [0.1, 0.15) is 37.4 Å². The van der Waals surface area contributed by atoms with Gasteiger partial charge in [-0.25, -0.2) is 9.37 Å². The first-order valence-corrected chi connectivity index (χ1v) is 11.2. The lowest BCUT2D eigenvalue weighted by Crippen LogP contribution is -2.22. The van der Waals surface area contributed by atoms with E-state index in [1.54, 1.807) is 35.2 Å². The van der Waals surface area contributed by atoms with Gasteiger partial charge in [0, 0.05) is 35.8 Å². The highest BCUT2D eigenvalue weighted by Gasteiger charge is 2.32. The molecule has 0 radical (unpaired) electrons. The lowest BCUT2D eigenvalue weighted by molar-refractivity contribution is 0.628. The molecule has 2 fully saturated rings. The van der Waals surface area contributed by atoms with Gasteiger partial charge in [0.05, 0.1) is 5.69 Å². The summed E-state index contributed by atoms with van der Waals surface area (Å²) in [4.78, 5) is 7.07. The Morgan fingerprint density at radius 1 is 1.11 bits per heavy atom. The summed E-state index contributed by atoms with van der Waals surface area (Å²) in [5.41, 5.74) is 1.98. The highest BCUT2D eigenvalue weighted by atomic mass is 32.2. The first-order valence-electron chi connectivity index (χ1n) is 9.31. The smallest absolute Gasteiger partial charge is 0.228 e. The van der Waals surface area contributed by atoms with Crippen LogP contribution in [-0.4, -0.2) is 32.8 Å². The normalized spacial score (nSPS) is 17.0. The average Bonchev–Trinajstić information content (AvgIpc) is 3.10. The van der Waals surface area contributed by atoms with E-state index in [0.717, 1.165) is 46.2 Å². The number of hydrogen-bond acceptors (Lipinski definition) is 6. The second-order valence-corrected chi connectivity index (χ2v) is 8.82. The molecular formula is C19H20FN5S2. The highest BCUT2D eigenvalue weighted by Crippen LogP contribution is 2.42. The molecule has 140 valence electrons. The molecular weight excluding hydrogens is 381 g/mol. The molecule has 1 aliphatic carbocycles. The van der Waals surface area contributed by atoms with Crippen molar-refractivity contribution in [2.45, 2.75) is 42.6 Å². The lowest BCUT2D eigenvalue weighted by Gasteiger charge is -2.17. The van der Waals surface area contributed by atoms with Crippen LogP contribution in [0.2, 0.25) is 0 Å². The van der Waals surface area contributed by atoms with Crippen LogP contribution >= 0.6 is 23.1 Å². The Balaban J connectivity index is 1.31. The summed E-state index contributed by atoms with van der Waals surface area (Å²) in [6.45, 7) is 2.17. The number of nitrogens with zero attached hydrogens (tertiary/aromatic N) is 5. The molecule has 2 aromatic heterocycles. The van der Waals surface area contributed by atoms with Crippen molar-refractivity contribution in [1.82, 2.24) is 19.7 Å². The summed E-state index contributed by atoms with van der Waals surface area (Å²) < 4.78 is 15.4. The molecule has 1 aliphatic heterocycles. The molecule has 1 saturated carbocycles. The second-order valence-electron chi connectivity index (χ2n) is 7.02. The fourth-order valence-corrected chi connectivity index (χ4v) is 5.21. The molecule has 27 heavy (non-hydrogen) atoms. The molecule has 8 heteroatoms. The van der Waals surface area contributed by atoms with Crippen LogP contribution in [0, 0.1) is 5.82 Å². The SMILES string of the molecule is Fc1ccc(-c2nc(CSc3nnc(N4CCCC4)n3C3CC3)cs2)cc1. The molecule has 3 aromatic rings. The van der Waals surface area contributed by atoms with Crippen molar-refractivity contribution in [3.63, 3.8) is 0 Å². The van der Waals surface area contributed by atoms with Crippen LogP contribution in [0.5, 0.6) is 0 Å². The van der Waals surface area contributed by atoms with E-state index in [9.17, 15) is 4.39 Å². The van der Waals surface area contributed by atoms with Gasteiger partial charge in [-0.05, 0) is 49.9 Å². The predicted octanol–water partition coefficient (Wildman–Crippen LogP) is 4.77. The Morgan fingerprint density at radius 2 is 1.89 bits per heavy atom. The van der Waals surface area contributed by atoms with Crippen molar-refractivity contribution in [3.8, 4) is 10.6 Å². The number of rotatable bonds is 6. The third kappa shape index (κ3) is 3.60. The van der Waals surface area contributed by atoms with E-state index in [1.807, 2.05) is 0 Å². The molecule has 0 bridgehead atoms. The number of halogens is 1. The number of hydrogen-bond donors (Lipinski definition) is 0. The van der Waals surface area contributed by atoms with Crippen LogP contribution in [0.4, 0.5) is 10.3 Å². The van der Waals surface area contributed by atoms with Crippen molar-refractivity contribution in [2.75, 3.05) is 18.0 Å². The molecule has 1 saturated heterocycles. The molecule has 5 rings (SSSR count). The van der Waals surface area contributed by atoms with Crippen LogP contribution in [-0.2, 0) is 5.75 Å². The van der Waals surface area contributed by atoms with Gasteiger partial charge >= 0.3 is 0 Å². The zero-order valence-electron chi connectivity index (χ0n) is 14.8. The number of thiazole rings is 1. The van der Waals surface area contributed by atoms with Crippen molar-refractivity contribution in [2.24, 2.45) is 0 Å². The minimum Gasteiger partial charge on any atom is -0.341 e. The van der Waals surface area contributed by atoms with E-state index in [-0.39, 0.29) is 5.82 Å². The monoisotopic (exact) mass is 401 g/mol. The molecule has 0 unspecified atom stereocenters. The topological polar surface area (TPSA) is 46.8 Å². The summed E-state index contributed by atoms with van der Waals surface area (Å²) >= 11 is 3.30. The third-order valence-corrected chi connectivity index (χ3v) is 6.86. The lowest BCUT2D eigenvalue weighted by atomic mass is 10.2. The number of thioether (sulfide) groups is 1. The fraction of sp³-hybridized carbons (Fsp3) is 0.421. The molecule has 1 aromatic carbocycles. The van der Waals surface area contributed by atoms with Gasteiger partial charge in [0.2, 0.25) is 5.95 Å². The van der Waals surface area contributed by atoms with Gasteiger partial charge in [0.1, 0.15) is 10.8 Å². The Morgan fingerprint density at radius 3 is 2.63 bits per heavy atom. The Hall–Kier alpha value is -1.93. The third-order valence-electron chi connectivity index (χ3n) is 4.94. The molecule has 0 N–H and O–H groups in total. The second kappa shape index (κ2) is 7.24. The minimum atomic E-state index is -0.223. The van der Waals surface area contributed by atoms with E-state index < -0.39 is 0 Å². The van der Waals surface area contributed by atoms with Crippen LogP contribution < -0.4 is 4.90 Å². The van der Waals surface area contributed by atoms with Crippen LogP contribution in [0.25, 0.3) is 10.6 Å². The van der Waals surface area contributed by atoms with Gasteiger partial charge < -0.3 is 4.90 Å². The van der Waals surface area contributed by atoms with Crippen molar-refractivity contribution >= 4 is 29.0 Å². The fourth-order valence-electron chi connectivity index (χ4n) is 3.39. The molecule has 2 aliphatic rings. The summed E-state index contributed by atoms with van der Waals surface area (Å²) in [7, 11) is 0. The first kappa shape index (κ1) is 17.2. The maximum absolute atomic E-state index is 13.1. The Labute approximate surface area is 165 Å². The van der Waals surface area contributed by atoms with E-state index >= 15 is 0 Å². The van der Waals surface area contributed by atoms with Gasteiger partial charge in [0.25, 0.3) is 0 Å². The van der Waals surface area contributed by atoms with Gasteiger partial charge in [-0.15, -0.1) is 21.5 Å². The van der Waals surface area contributed by atoms with Gasteiger partial charge in [-0.1, -0.05) is 11.8 Å². The standard InChI is InChI=1S/C19H20FN5S2/c20-14-5-3-13(4-6-14)17-21-15(11-26-17)12-27-19-23-22-18(24-9-1-2-10-24)25(19)16-7-8-16/h3-6,11,16H,1-2,7-10,12H2. The Bertz CT molecular complexity index is 926. The molecule has 0 amide bonds. The van der Waals surface area contributed by atoms with E-state index in [1.165, 1.54) is 37.8 Å². The summed E-state index contributed by atoms with van der Waals surface area (Å²) in [5.74, 6) is 1.59. The molecule has 5 nitrogen and oxygen atoms in total. The zero-order valence-corrected chi connectivity index (χ0v) is 16.5. The Kier molecular flexibility index (Phi) is 4.61. The largest absolute Gasteiger partial charge is 0.341 e. The van der Waals surface area contributed by atoms with Crippen molar-refractivity contribution in [3.05, 3.63) is 41.2 Å². The molecule has 0 spiro atoms. The minimum absolute atomic E-state index is 0.223.